The Bertz CT molecular complexity index is 328. The van der Waals surface area contributed by atoms with Crippen molar-refractivity contribution in [1.29, 1.82) is 0 Å². The fourth-order valence-electron chi connectivity index (χ4n) is 0.856. The molecule has 0 radical (unpaired) electrons. The molecule has 4 nitrogen and oxygen atoms in total. The minimum atomic E-state index is -1.23. The van der Waals surface area contributed by atoms with Gasteiger partial charge in [-0.25, -0.2) is 9.59 Å². The smallest absolute Gasteiger partial charge is 0.478 e. The molecule has 0 fully saturated rings. The summed E-state index contributed by atoms with van der Waals surface area (Å²) in [6, 6.07) is 5.48. The zero-order valence-corrected chi connectivity index (χ0v) is 10.4. The molecule has 0 atom stereocenters. The Morgan fingerprint density at radius 1 is 1.12 bits per heavy atom. The van der Waals surface area contributed by atoms with Gasteiger partial charge in [-0.1, -0.05) is 25.5 Å². The van der Waals surface area contributed by atoms with Gasteiger partial charge in [0.2, 0.25) is 0 Å². The SMILES string of the molecule is O=C(O)c1ccccc1C(=O)O.[CH2-]CCC.[Cu+]. The Kier molecular flexibility index (Phi) is 10.5. The maximum absolute atomic E-state index is 10.5. The summed E-state index contributed by atoms with van der Waals surface area (Å²) in [6.07, 6.45) is 2.28. The number of unbranched alkanes of at least 4 members (excludes halogenated alkanes) is 1. The first-order valence-corrected chi connectivity index (χ1v) is 4.89. The van der Waals surface area contributed by atoms with Crippen LogP contribution in [0.2, 0.25) is 0 Å². The second kappa shape index (κ2) is 9.87. The van der Waals surface area contributed by atoms with Gasteiger partial charge in [0.25, 0.3) is 0 Å². The number of rotatable bonds is 3. The van der Waals surface area contributed by atoms with Gasteiger partial charge < -0.3 is 17.1 Å². The maximum Gasteiger partial charge on any atom is 1.00 e. The van der Waals surface area contributed by atoms with Gasteiger partial charge in [-0.3, -0.25) is 0 Å². The van der Waals surface area contributed by atoms with Gasteiger partial charge in [0.1, 0.15) is 0 Å². The normalized spacial score (nSPS) is 8.35. The average Bonchev–Trinajstić information content (AvgIpc) is 2.29. The van der Waals surface area contributed by atoms with Crippen molar-refractivity contribution in [3.8, 4) is 0 Å². The monoisotopic (exact) mass is 286 g/mol. The van der Waals surface area contributed by atoms with Crippen molar-refractivity contribution in [2.75, 3.05) is 0 Å². The summed E-state index contributed by atoms with van der Waals surface area (Å²) < 4.78 is 0. The van der Waals surface area contributed by atoms with E-state index in [1.807, 2.05) is 0 Å². The second-order valence-corrected chi connectivity index (χ2v) is 3.01. The summed E-state index contributed by atoms with van der Waals surface area (Å²) in [6.45, 7) is 5.72. The molecule has 0 aromatic heterocycles. The molecule has 1 aromatic carbocycles. The van der Waals surface area contributed by atoms with E-state index in [2.05, 4.69) is 13.8 Å². The van der Waals surface area contributed by atoms with E-state index < -0.39 is 11.9 Å². The molecule has 0 aliphatic rings. The topological polar surface area (TPSA) is 74.6 Å². The number of carbonyl (C=O) groups is 2. The summed E-state index contributed by atoms with van der Waals surface area (Å²) in [4.78, 5) is 20.9. The van der Waals surface area contributed by atoms with E-state index in [4.69, 9.17) is 10.2 Å². The fraction of sp³-hybridized carbons (Fsp3) is 0.250. The van der Waals surface area contributed by atoms with E-state index in [0.29, 0.717) is 0 Å². The van der Waals surface area contributed by atoms with Crippen molar-refractivity contribution in [2.45, 2.75) is 19.8 Å². The number of carboxylic acids is 2. The standard InChI is InChI=1S/C8H6O4.C4H9.Cu/c9-7(10)5-3-1-2-4-6(5)8(11)12;1-3-4-2;/h1-4H,(H,9,10)(H,11,12);1,3-4H2,2H3;/q;-1;+1. The van der Waals surface area contributed by atoms with Crippen LogP contribution < -0.4 is 0 Å². The molecule has 0 saturated heterocycles. The summed E-state index contributed by atoms with van der Waals surface area (Å²) >= 11 is 0. The summed E-state index contributed by atoms with van der Waals surface area (Å²) in [5, 5.41) is 17.1. The number of aromatic carboxylic acids is 2. The number of hydrogen-bond acceptors (Lipinski definition) is 2. The third-order valence-electron chi connectivity index (χ3n) is 1.74. The van der Waals surface area contributed by atoms with E-state index >= 15 is 0 Å². The Hall–Kier alpha value is -1.32. The Morgan fingerprint density at radius 2 is 1.41 bits per heavy atom. The first kappa shape index (κ1) is 18.1. The zero-order valence-electron chi connectivity index (χ0n) is 9.44. The molecule has 5 heteroatoms. The number of carboxylic acid groups (broad SMARTS) is 2. The van der Waals surface area contributed by atoms with Crippen molar-refractivity contribution < 1.29 is 36.9 Å². The van der Waals surface area contributed by atoms with Crippen LogP contribution in [-0.4, -0.2) is 22.2 Å². The first-order valence-electron chi connectivity index (χ1n) is 4.89. The van der Waals surface area contributed by atoms with Gasteiger partial charge >= 0.3 is 29.0 Å². The van der Waals surface area contributed by atoms with Gasteiger partial charge in [0.15, 0.2) is 0 Å². The molecular weight excluding hydrogens is 272 g/mol. The fourth-order valence-corrected chi connectivity index (χ4v) is 0.856. The van der Waals surface area contributed by atoms with Crippen LogP contribution in [-0.2, 0) is 17.1 Å². The van der Waals surface area contributed by atoms with Crippen LogP contribution in [0.5, 0.6) is 0 Å². The summed E-state index contributed by atoms with van der Waals surface area (Å²) in [5.41, 5.74) is -0.380. The molecule has 0 aliphatic carbocycles. The van der Waals surface area contributed by atoms with E-state index in [9.17, 15) is 9.59 Å². The van der Waals surface area contributed by atoms with Gasteiger partial charge in [0.05, 0.1) is 11.1 Å². The Morgan fingerprint density at radius 3 is 1.59 bits per heavy atom. The number of benzene rings is 1. The molecule has 1 rings (SSSR count). The van der Waals surface area contributed by atoms with Crippen LogP contribution in [0.15, 0.2) is 24.3 Å². The van der Waals surface area contributed by atoms with Crippen molar-refractivity contribution >= 4 is 11.9 Å². The minimum Gasteiger partial charge on any atom is -0.478 e. The van der Waals surface area contributed by atoms with Crippen LogP contribution in [0.25, 0.3) is 0 Å². The van der Waals surface area contributed by atoms with Crippen molar-refractivity contribution in [3.05, 3.63) is 42.3 Å². The maximum atomic E-state index is 10.5. The van der Waals surface area contributed by atoms with Crippen LogP contribution >= 0.6 is 0 Å². The van der Waals surface area contributed by atoms with Gasteiger partial charge in [0, 0.05) is 0 Å². The van der Waals surface area contributed by atoms with E-state index in [1.165, 1.54) is 30.7 Å². The van der Waals surface area contributed by atoms with Gasteiger partial charge in [-0.2, -0.15) is 6.42 Å². The van der Waals surface area contributed by atoms with Gasteiger partial charge in [-0.15, -0.1) is 0 Å². The molecule has 0 unspecified atom stereocenters. The minimum absolute atomic E-state index is 0. The number of hydrogen-bond donors (Lipinski definition) is 2. The molecule has 0 aliphatic heterocycles. The third kappa shape index (κ3) is 6.76. The molecule has 2 N–H and O–H groups in total. The molecule has 0 amide bonds. The van der Waals surface area contributed by atoms with Crippen LogP contribution in [0.4, 0.5) is 0 Å². The third-order valence-corrected chi connectivity index (χ3v) is 1.74. The van der Waals surface area contributed by atoms with Crippen LogP contribution in [0.3, 0.4) is 0 Å². The van der Waals surface area contributed by atoms with E-state index in [1.54, 1.807) is 0 Å². The molecule has 0 saturated carbocycles. The molecule has 0 heterocycles. The molecular formula is C12H15CuO4. The first-order chi connectivity index (χ1) is 7.54. The van der Waals surface area contributed by atoms with E-state index in [-0.39, 0.29) is 28.2 Å². The largest absolute Gasteiger partial charge is 1.00 e. The summed E-state index contributed by atoms with van der Waals surface area (Å²) in [5.74, 6) is -2.46. The Balaban J connectivity index is 0. The second-order valence-electron chi connectivity index (χ2n) is 3.01. The van der Waals surface area contributed by atoms with Crippen molar-refractivity contribution in [1.82, 2.24) is 0 Å². The van der Waals surface area contributed by atoms with Crippen molar-refractivity contribution in [3.63, 3.8) is 0 Å². The summed E-state index contributed by atoms with van der Waals surface area (Å²) in [7, 11) is 0. The quantitative estimate of drug-likeness (QED) is 0.662. The molecule has 98 valence electrons. The zero-order chi connectivity index (χ0) is 12.6. The van der Waals surface area contributed by atoms with Gasteiger partial charge in [-0.05, 0) is 12.1 Å². The molecule has 0 bridgehead atoms. The van der Waals surface area contributed by atoms with Crippen LogP contribution in [0, 0.1) is 6.92 Å². The molecule has 1 aromatic rings. The molecule has 17 heavy (non-hydrogen) atoms. The van der Waals surface area contributed by atoms with Crippen molar-refractivity contribution in [2.24, 2.45) is 0 Å². The predicted octanol–water partition coefficient (Wildman–Crippen LogP) is 2.70. The predicted molar refractivity (Wildman–Crippen MR) is 60.6 cm³/mol. The Labute approximate surface area is 111 Å². The van der Waals surface area contributed by atoms with E-state index in [0.717, 1.165) is 6.42 Å². The molecule has 0 spiro atoms. The van der Waals surface area contributed by atoms with Crippen LogP contribution in [0.1, 0.15) is 40.5 Å². The average molecular weight is 287 g/mol.